The first-order chi connectivity index (χ1) is 13.4. The lowest BCUT2D eigenvalue weighted by Crippen LogP contribution is -2.22. The molecule has 8 nitrogen and oxygen atoms in total. The summed E-state index contributed by atoms with van der Waals surface area (Å²) in [4.78, 5) is 11.2. The van der Waals surface area contributed by atoms with Crippen LogP contribution in [0.25, 0.3) is 23.0 Å². The summed E-state index contributed by atoms with van der Waals surface area (Å²) in [5, 5.41) is 11.0. The minimum atomic E-state index is 0.0932. The third kappa shape index (κ3) is 3.15. The lowest BCUT2D eigenvalue weighted by atomic mass is 10.2. The summed E-state index contributed by atoms with van der Waals surface area (Å²) in [7, 11) is 0. The minimum absolute atomic E-state index is 0.0932. The predicted octanol–water partition coefficient (Wildman–Crippen LogP) is 3.45. The highest BCUT2D eigenvalue weighted by Crippen LogP contribution is 2.33. The third-order valence-corrected chi connectivity index (χ3v) is 4.77. The zero-order valence-electron chi connectivity index (χ0n) is 14.6. The maximum absolute atomic E-state index is 5.96. The van der Waals surface area contributed by atoms with E-state index in [9.17, 15) is 0 Å². The molecule has 0 aliphatic carbocycles. The van der Waals surface area contributed by atoms with Crippen molar-refractivity contribution in [2.24, 2.45) is 0 Å². The van der Waals surface area contributed by atoms with E-state index in [1.54, 1.807) is 12.4 Å². The van der Waals surface area contributed by atoms with Crippen LogP contribution in [0.3, 0.4) is 0 Å². The maximum Gasteiger partial charge on any atom is 0.244 e. The van der Waals surface area contributed by atoms with E-state index in [4.69, 9.17) is 8.94 Å². The molecule has 0 aromatic carbocycles. The number of nitrogens with one attached hydrogen (secondary N) is 1. The Hall–Kier alpha value is -3.26. The lowest BCUT2D eigenvalue weighted by molar-refractivity contribution is 0.189. The molecule has 1 aliphatic heterocycles. The van der Waals surface area contributed by atoms with E-state index >= 15 is 0 Å². The molecular formula is C19H18N6O2. The SMILES string of the molecule is c1ccc(-c2noc([C@H]3CCCN3Cc3ccc(-c4ccn[nH]4)o3)n2)nc1. The zero-order valence-corrected chi connectivity index (χ0v) is 14.6. The summed E-state index contributed by atoms with van der Waals surface area (Å²) in [6, 6.07) is 11.6. The van der Waals surface area contributed by atoms with Crippen LogP contribution in [0.2, 0.25) is 0 Å². The number of H-pyrrole nitrogens is 1. The molecule has 27 heavy (non-hydrogen) atoms. The topological polar surface area (TPSA) is 96.9 Å². The Balaban J connectivity index is 1.33. The van der Waals surface area contributed by atoms with Gasteiger partial charge in [-0.2, -0.15) is 10.1 Å². The standard InChI is InChI=1S/C19H18N6O2/c1-2-9-20-15(4-1)18-22-19(27-24-18)16-5-3-11-25(16)12-13-6-7-17(26-13)14-8-10-21-23-14/h1-2,4,6-10,16H,3,5,11-12H2,(H,21,23)/t16-/m1/s1. The molecule has 5 rings (SSSR count). The highest BCUT2D eigenvalue weighted by molar-refractivity contribution is 5.51. The Morgan fingerprint density at radius 2 is 2.15 bits per heavy atom. The Labute approximate surface area is 155 Å². The summed E-state index contributed by atoms with van der Waals surface area (Å²) < 4.78 is 11.5. The fourth-order valence-electron chi connectivity index (χ4n) is 3.47. The van der Waals surface area contributed by atoms with Crippen molar-refractivity contribution >= 4 is 0 Å². The molecule has 1 atom stereocenters. The quantitative estimate of drug-likeness (QED) is 0.581. The van der Waals surface area contributed by atoms with Gasteiger partial charge in [0.2, 0.25) is 11.7 Å². The van der Waals surface area contributed by atoms with Gasteiger partial charge in [-0.1, -0.05) is 11.2 Å². The van der Waals surface area contributed by atoms with Gasteiger partial charge < -0.3 is 8.94 Å². The van der Waals surface area contributed by atoms with Crippen molar-refractivity contribution in [3.63, 3.8) is 0 Å². The van der Waals surface area contributed by atoms with Crippen LogP contribution in [-0.2, 0) is 6.54 Å². The van der Waals surface area contributed by atoms with Gasteiger partial charge in [0.25, 0.3) is 0 Å². The van der Waals surface area contributed by atoms with Crippen LogP contribution in [0.4, 0.5) is 0 Å². The summed E-state index contributed by atoms with van der Waals surface area (Å²) in [6.45, 7) is 1.66. The van der Waals surface area contributed by atoms with Gasteiger partial charge in [0, 0.05) is 12.4 Å². The van der Waals surface area contributed by atoms with E-state index in [1.165, 1.54) is 0 Å². The molecule has 4 aromatic rings. The number of rotatable bonds is 5. The van der Waals surface area contributed by atoms with Crippen molar-refractivity contribution in [3.05, 3.63) is 60.4 Å². The number of furan rings is 1. The van der Waals surface area contributed by atoms with Crippen molar-refractivity contribution in [2.75, 3.05) is 6.54 Å². The smallest absolute Gasteiger partial charge is 0.244 e. The molecule has 4 aromatic heterocycles. The Kier molecular flexibility index (Phi) is 4.02. The molecule has 1 saturated heterocycles. The zero-order chi connectivity index (χ0) is 18.1. The number of hydrogen-bond acceptors (Lipinski definition) is 7. The van der Waals surface area contributed by atoms with Gasteiger partial charge in [0.15, 0.2) is 5.76 Å². The van der Waals surface area contributed by atoms with Crippen molar-refractivity contribution in [1.29, 1.82) is 0 Å². The first-order valence-corrected chi connectivity index (χ1v) is 8.94. The van der Waals surface area contributed by atoms with Crippen molar-refractivity contribution in [3.8, 4) is 23.0 Å². The molecule has 0 amide bonds. The number of aromatic amines is 1. The average molecular weight is 362 g/mol. The number of hydrogen-bond donors (Lipinski definition) is 1. The van der Waals surface area contributed by atoms with Gasteiger partial charge in [-0.3, -0.25) is 15.0 Å². The highest BCUT2D eigenvalue weighted by atomic mass is 16.5. The summed E-state index contributed by atoms with van der Waals surface area (Å²) in [5.41, 5.74) is 1.59. The number of aromatic nitrogens is 5. The number of likely N-dealkylation sites (tertiary alicyclic amines) is 1. The van der Waals surface area contributed by atoms with E-state index in [1.807, 2.05) is 36.4 Å². The molecule has 0 spiro atoms. The Bertz CT molecular complexity index is 1010. The fraction of sp³-hybridized carbons (Fsp3) is 0.263. The molecule has 0 unspecified atom stereocenters. The van der Waals surface area contributed by atoms with Crippen LogP contribution in [0, 0.1) is 0 Å². The Morgan fingerprint density at radius 3 is 3.00 bits per heavy atom. The monoisotopic (exact) mass is 362 g/mol. The first-order valence-electron chi connectivity index (χ1n) is 8.94. The van der Waals surface area contributed by atoms with Crippen LogP contribution < -0.4 is 0 Å². The van der Waals surface area contributed by atoms with Crippen LogP contribution in [-0.4, -0.2) is 36.8 Å². The van der Waals surface area contributed by atoms with Crippen LogP contribution >= 0.6 is 0 Å². The summed E-state index contributed by atoms with van der Waals surface area (Å²) in [6.07, 6.45) is 5.50. The third-order valence-electron chi connectivity index (χ3n) is 4.77. The maximum atomic E-state index is 5.96. The van der Waals surface area contributed by atoms with Crippen LogP contribution in [0.15, 0.2) is 57.7 Å². The molecule has 1 N–H and O–H groups in total. The van der Waals surface area contributed by atoms with E-state index in [0.717, 1.165) is 36.6 Å². The second-order valence-corrected chi connectivity index (χ2v) is 6.54. The highest BCUT2D eigenvalue weighted by Gasteiger charge is 2.31. The van der Waals surface area contributed by atoms with Gasteiger partial charge in [-0.25, -0.2) is 0 Å². The largest absolute Gasteiger partial charge is 0.458 e. The molecule has 0 radical (unpaired) electrons. The molecule has 8 heteroatoms. The van der Waals surface area contributed by atoms with Crippen LogP contribution in [0.1, 0.15) is 30.5 Å². The fourth-order valence-corrected chi connectivity index (χ4v) is 3.47. The summed E-state index contributed by atoms with van der Waals surface area (Å²) in [5.74, 6) is 2.84. The van der Waals surface area contributed by atoms with Gasteiger partial charge in [0.05, 0.1) is 12.6 Å². The van der Waals surface area contributed by atoms with Gasteiger partial charge in [0.1, 0.15) is 17.1 Å². The number of nitrogens with zero attached hydrogens (tertiary/aromatic N) is 5. The molecule has 5 heterocycles. The van der Waals surface area contributed by atoms with E-state index in [-0.39, 0.29) is 6.04 Å². The lowest BCUT2D eigenvalue weighted by Gasteiger charge is -2.19. The molecule has 1 aliphatic rings. The van der Waals surface area contributed by atoms with Crippen LogP contribution in [0.5, 0.6) is 0 Å². The average Bonchev–Trinajstić information content (AvgIpc) is 3.48. The van der Waals surface area contributed by atoms with E-state index in [2.05, 4.69) is 30.2 Å². The van der Waals surface area contributed by atoms with Crippen molar-refractivity contribution < 1.29 is 8.94 Å². The second kappa shape index (κ2) is 6.81. The van der Waals surface area contributed by atoms with Gasteiger partial charge in [-0.15, -0.1) is 0 Å². The van der Waals surface area contributed by atoms with Crippen molar-refractivity contribution in [2.45, 2.75) is 25.4 Å². The van der Waals surface area contributed by atoms with Gasteiger partial charge >= 0.3 is 0 Å². The molecule has 0 bridgehead atoms. The minimum Gasteiger partial charge on any atom is -0.458 e. The first kappa shape index (κ1) is 16.0. The van der Waals surface area contributed by atoms with E-state index in [0.29, 0.717) is 24.0 Å². The summed E-state index contributed by atoms with van der Waals surface area (Å²) >= 11 is 0. The Morgan fingerprint density at radius 1 is 1.15 bits per heavy atom. The molecule has 1 fully saturated rings. The number of pyridine rings is 1. The van der Waals surface area contributed by atoms with Crippen molar-refractivity contribution in [1.82, 2.24) is 30.2 Å². The second-order valence-electron chi connectivity index (χ2n) is 6.54. The van der Waals surface area contributed by atoms with Gasteiger partial charge in [-0.05, 0) is 49.7 Å². The normalized spacial score (nSPS) is 17.6. The molecular weight excluding hydrogens is 344 g/mol. The molecule has 0 saturated carbocycles. The molecule has 136 valence electrons. The van der Waals surface area contributed by atoms with E-state index < -0.39 is 0 Å². The predicted molar refractivity (Wildman–Crippen MR) is 96.2 cm³/mol.